The number of aromatic nitrogens is 2. The third-order valence-electron chi connectivity index (χ3n) is 2.94. The number of carbonyl (C=O) groups excluding carboxylic acids is 2. The molecule has 5 nitrogen and oxygen atoms in total. The van der Waals surface area contributed by atoms with Crippen LogP contribution in [0.2, 0.25) is 0 Å². The molecule has 0 atom stereocenters. The highest BCUT2D eigenvalue weighted by Crippen LogP contribution is 2.09. The lowest BCUT2D eigenvalue weighted by molar-refractivity contribution is -0.121. The number of Topliss-reactive ketones (excluding diaryl/α,β-unsaturated/α-hetero) is 1. The molecule has 0 aliphatic carbocycles. The second-order valence-corrected chi connectivity index (χ2v) is 5.33. The lowest BCUT2D eigenvalue weighted by atomic mass is 10.1. The number of hydrogen-bond donors (Lipinski definition) is 1. The first kappa shape index (κ1) is 15.2. The van der Waals surface area contributed by atoms with Crippen molar-refractivity contribution in [3.05, 3.63) is 46.2 Å². The molecule has 110 valence electrons. The summed E-state index contributed by atoms with van der Waals surface area (Å²) in [6.07, 6.45) is 0.193. The summed E-state index contributed by atoms with van der Waals surface area (Å²) in [7, 11) is 0. The second-order valence-electron chi connectivity index (χ2n) is 4.49. The van der Waals surface area contributed by atoms with E-state index in [9.17, 15) is 14.0 Å². The van der Waals surface area contributed by atoms with Gasteiger partial charge >= 0.3 is 0 Å². The highest BCUT2D eigenvalue weighted by atomic mass is 32.1. The Kier molecular flexibility index (Phi) is 5.10. The van der Waals surface area contributed by atoms with Crippen LogP contribution in [0.15, 0.2) is 24.3 Å². The zero-order chi connectivity index (χ0) is 15.2. The number of nitrogens with one attached hydrogen (secondary N) is 1. The second kappa shape index (κ2) is 7.03. The topological polar surface area (TPSA) is 72.0 Å². The van der Waals surface area contributed by atoms with Crippen LogP contribution < -0.4 is 5.32 Å². The molecule has 1 N–H and O–H groups in total. The number of halogens is 1. The molecule has 0 spiro atoms. The molecule has 0 aliphatic rings. The number of aryl methyl sites for hydroxylation is 1. The average Bonchev–Trinajstić information content (AvgIpc) is 2.88. The third-order valence-corrected chi connectivity index (χ3v) is 3.76. The van der Waals surface area contributed by atoms with Gasteiger partial charge in [-0.1, -0.05) is 4.49 Å². The molecular weight excluding hydrogens is 293 g/mol. The van der Waals surface area contributed by atoms with Crippen molar-refractivity contribution in [3.63, 3.8) is 0 Å². The minimum Gasteiger partial charge on any atom is -0.351 e. The molecule has 0 unspecified atom stereocenters. The maximum Gasteiger partial charge on any atom is 0.220 e. The molecule has 0 aliphatic heterocycles. The fraction of sp³-hybridized carbons (Fsp3) is 0.286. The lowest BCUT2D eigenvalue weighted by Gasteiger charge is -2.04. The lowest BCUT2D eigenvalue weighted by Crippen LogP contribution is -2.23. The van der Waals surface area contributed by atoms with Crippen LogP contribution in [0.1, 0.15) is 33.8 Å². The minimum absolute atomic E-state index is 0.0946. The predicted octanol–water partition coefficient (Wildman–Crippen LogP) is 2.26. The van der Waals surface area contributed by atoms with Crippen LogP contribution in [0.25, 0.3) is 0 Å². The van der Waals surface area contributed by atoms with Crippen LogP contribution in [-0.4, -0.2) is 21.3 Å². The van der Waals surface area contributed by atoms with Gasteiger partial charge in [-0.15, -0.1) is 5.10 Å². The summed E-state index contributed by atoms with van der Waals surface area (Å²) in [6, 6.07) is 5.30. The molecule has 1 aromatic carbocycles. The summed E-state index contributed by atoms with van der Waals surface area (Å²) in [5, 5.41) is 6.57. The van der Waals surface area contributed by atoms with Gasteiger partial charge in [0.2, 0.25) is 5.91 Å². The molecule has 2 aromatic rings. The summed E-state index contributed by atoms with van der Waals surface area (Å²) in [4.78, 5) is 24.4. The van der Waals surface area contributed by atoms with Gasteiger partial charge in [0.15, 0.2) is 5.78 Å². The highest BCUT2D eigenvalue weighted by Gasteiger charge is 2.10. The van der Waals surface area contributed by atoms with Gasteiger partial charge in [-0.25, -0.2) is 4.39 Å². The van der Waals surface area contributed by atoms with E-state index in [2.05, 4.69) is 14.9 Å². The summed E-state index contributed by atoms with van der Waals surface area (Å²) >= 11 is 1.24. The van der Waals surface area contributed by atoms with Crippen molar-refractivity contribution in [2.24, 2.45) is 0 Å². The Morgan fingerprint density at radius 3 is 2.57 bits per heavy atom. The van der Waals surface area contributed by atoms with E-state index in [1.165, 1.54) is 35.8 Å². The first-order chi connectivity index (χ1) is 10.1. The molecule has 0 saturated heterocycles. The first-order valence-corrected chi connectivity index (χ1v) is 7.17. The molecule has 21 heavy (non-hydrogen) atoms. The number of nitrogens with zero attached hydrogens (tertiary/aromatic N) is 2. The Labute approximate surface area is 125 Å². The molecule has 2 rings (SSSR count). The zero-order valence-electron chi connectivity index (χ0n) is 11.4. The first-order valence-electron chi connectivity index (χ1n) is 6.39. The predicted molar refractivity (Wildman–Crippen MR) is 76.5 cm³/mol. The molecule has 1 heterocycles. The average molecular weight is 307 g/mol. The number of benzene rings is 1. The van der Waals surface area contributed by atoms with Gasteiger partial charge in [0.25, 0.3) is 0 Å². The maximum atomic E-state index is 12.7. The zero-order valence-corrected chi connectivity index (χ0v) is 12.2. The standard InChI is InChI=1S/C14H14FN3O2S/c1-9-13(21-18-17-9)8-16-14(20)7-6-12(19)10-2-4-11(15)5-3-10/h2-5H,6-8H2,1H3,(H,16,20). The summed E-state index contributed by atoms with van der Waals surface area (Å²) in [5.41, 5.74) is 1.20. The number of ketones is 1. The van der Waals surface area contributed by atoms with Gasteiger partial charge in [0.1, 0.15) is 5.82 Å². The van der Waals surface area contributed by atoms with Crippen LogP contribution in [0, 0.1) is 12.7 Å². The molecule has 1 aromatic heterocycles. The molecular formula is C14H14FN3O2S. The molecule has 7 heteroatoms. The fourth-order valence-corrected chi connectivity index (χ4v) is 2.26. The van der Waals surface area contributed by atoms with Crippen LogP contribution in [-0.2, 0) is 11.3 Å². The Hall–Kier alpha value is -2.15. The van der Waals surface area contributed by atoms with Crippen molar-refractivity contribution < 1.29 is 14.0 Å². The van der Waals surface area contributed by atoms with E-state index < -0.39 is 5.82 Å². The number of amides is 1. The number of hydrogen-bond acceptors (Lipinski definition) is 5. The Morgan fingerprint density at radius 2 is 1.95 bits per heavy atom. The smallest absolute Gasteiger partial charge is 0.220 e. The summed E-state index contributed by atoms with van der Waals surface area (Å²) in [6.45, 7) is 2.19. The quantitative estimate of drug-likeness (QED) is 0.831. The normalized spacial score (nSPS) is 10.4. The number of carbonyl (C=O) groups is 2. The fourth-order valence-electron chi connectivity index (χ4n) is 1.69. The summed E-state index contributed by atoms with van der Waals surface area (Å²) < 4.78 is 16.5. The van der Waals surface area contributed by atoms with Crippen LogP contribution in [0.3, 0.4) is 0 Å². The van der Waals surface area contributed by atoms with Gasteiger partial charge in [-0.3, -0.25) is 9.59 Å². The van der Waals surface area contributed by atoms with Gasteiger partial charge in [0.05, 0.1) is 17.1 Å². The Morgan fingerprint density at radius 1 is 1.24 bits per heavy atom. The van der Waals surface area contributed by atoms with E-state index in [0.717, 1.165) is 10.6 Å². The molecule has 0 saturated carbocycles. The Bertz CT molecular complexity index is 640. The van der Waals surface area contributed by atoms with Crippen molar-refractivity contribution in [3.8, 4) is 0 Å². The largest absolute Gasteiger partial charge is 0.351 e. The van der Waals surface area contributed by atoms with Crippen molar-refractivity contribution in [2.75, 3.05) is 0 Å². The SMILES string of the molecule is Cc1nnsc1CNC(=O)CCC(=O)c1ccc(F)cc1. The van der Waals surface area contributed by atoms with Crippen molar-refractivity contribution in [2.45, 2.75) is 26.3 Å². The van der Waals surface area contributed by atoms with E-state index in [-0.39, 0.29) is 24.5 Å². The number of rotatable bonds is 6. The van der Waals surface area contributed by atoms with Crippen molar-refractivity contribution >= 4 is 23.2 Å². The van der Waals surface area contributed by atoms with Crippen LogP contribution >= 0.6 is 11.5 Å². The molecule has 0 radical (unpaired) electrons. The van der Waals surface area contributed by atoms with Crippen LogP contribution in [0.4, 0.5) is 4.39 Å². The molecule has 0 fully saturated rings. The van der Waals surface area contributed by atoms with E-state index in [1.54, 1.807) is 0 Å². The Balaban J connectivity index is 1.77. The van der Waals surface area contributed by atoms with E-state index in [1.807, 2.05) is 6.92 Å². The van der Waals surface area contributed by atoms with E-state index >= 15 is 0 Å². The van der Waals surface area contributed by atoms with Crippen molar-refractivity contribution in [1.29, 1.82) is 0 Å². The minimum atomic E-state index is -0.391. The third kappa shape index (κ3) is 4.42. The van der Waals surface area contributed by atoms with Gasteiger partial charge in [0, 0.05) is 18.4 Å². The van der Waals surface area contributed by atoms with Crippen molar-refractivity contribution in [1.82, 2.24) is 14.9 Å². The highest BCUT2D eigenvalue weighted by molar-refractivity contribution is 7.05. The van der Waals surface area contributed by atoms with Gasteiger partial charge < -0.3 is 5.32 Å². The van der Waals surface area contributed by atoms with E-state index in [4.69, 9.17) is 0 Å². The monoisotopic (exact) mass is 307 g/mol. The maximum absolute atomic E-state index is 12.7. The van der Waals surface area contributed by atoms with Gasteiger partial charge in [-0.2, -0.15) is 0 Å². The van der Waals surface area contributed by atoms with E-state index in [0.29, 0.717) is 12.1 Å². The van der Waals surface area contributed by atoms with Gasteiger partial charge in [-0.05, 0) is 42.7 Å². The molecule has 1 amide bonds. The summed E-state index contributed by atoms with van der Waals surface area (Å²) in [5.74, 6) is -0.781. The molecule has 0 bridgehead atoms. The van der Waals surface area contributed by atoms with Crippen LogP contribution in [0.5, 0.6) is 0 Å².